The van der Waals surface area contributed by atoms with Crippen molar-refractivity contribution in [3.8, 4) is 0 Å². The van der Waals surface area contributed by atoms with Crippen molar-refractivity contribution >= 4 is 5.97 Å². The molecule has 4 aliphatic rings. The van der Waals surface area contributed by atoms with E-state index in [4.69, 9.17) is 9.47 Å². The summed E-state index contributed by atoms with van der Waals surface area (Å²) in [6.45, 7) is 7.22. The van der Waals surface area contributed by atoms with Crippen LogP contribution in [0.1, 0.15) is 52.9 Å². The Labute approximate surface area is 154 Å². The fourth-order valence-corrected chi connectivity index (χ4v) is 6.20. The molecule has 0 aromatic rings. The molecule has 3 N–H and O–H groups in total. The number of hydrogen-bond acceptors (Lipinski definition) is 6. The summed E-state index contributed by atoms with van der Waals surface area (Å²) in [4.78, 5) is 11.4. The van der Waals surface area contributed by atoms with Gasteiger partial charge in [-0.05, 0) is 49.4 Å². The van der Waals surface area contributed by atoms with Crippen molar-refractivity contribution in [3.63, 3.8) is 0 Å². The number of aliphatic hydroxyl groups excluding tert-OH is 3. The molecule has 2 aliphatic carbocycles. The molecule has 3 fully saturated rings. The average molecular weight is 366 g/mol. The number of ether oxygens (including phenoxy) is 2. The van der Waals surface area contributed by atoms with E-state index in [0.29, 0.717) is 30.9 Å². The van der Waals surface area contributed by atoms with E-state index in [1.807, 2.05) is 0 Å². The third-order valence-corrected chi connectivity index (χ3v) is 8.33. The lowest BCUT2D eigenvalue weighted by molar-refractivity contribution is -0.197. The van der Waals surface area contributed by atoms with Crippen molar-refractivity contribution < 1.29 is 29.6 Å². The Kier molecular flexibility index (Phi) is 4.09. The monoisotopic (exact) mass is 366 g/mol. The zero-order valence-corrected chi connectivity index (χ0v) is 15.8. The maximum atomic E-state index is 11.4. The van der Waals surface area contributed by atoms with Gasteiger partial charge in [-0.15, -0.1) is 0 Å². The summed E-state index contributed by atoms with van der Waals surface area (Å²) in [7, 11) is 0. The third-order valence-electron chi connectivity index (χ3n) is 8.33. The first-order valence-electron chi connectivity index (χ1n) is 9.73. The van der Waals surface area contributed by atoms with Gasteiger partial charge in [0.1, 0.15) is 11.7 Å². The van der Waals surface area contributed by atoms with Crippen LogP contribution < -0.4 is 0 Å². The van der Waals surface area contributed by atoms with Crippen LogP contribution in [-0.2, 0) is 14.3 Å². The Hall–Kier alpha value is -0.950. The molecule has 2 heterocycles. The van der Waals surface area contributed by atoms with Gasteiger partial charge in [-0.25, -0.2) is 4.79 Å². The van der Waals surface area contributed by atoms with Crippen LogP contribution in [0, 0.1) is 22.7 Å². The highest BCUT2D eigenvalue weighted by Gasteiger charge is 2.73. The van der Waals surface area contributed by atoms with E-state index in [1.54, 1.807) is 0 Å². The summed E-state index contributed by atoms with van der Waals surface area (Å²) in [5.74, 6) is 0.158. The Bertz CT molecular complexity index is 640. The minimum absolute atomic E-state index is 0.0841. The zero-order valence-electron chi connectivity index (χ0n) is 15.8. The molecule has 1 saturated heterocycles. The van der Waals surface area contributed by atoms with Gasteiger partial charge in [-0.1, -0.05) is 20.8 Å². The fourth-order valence-electron chi connectivity index (χ4n) is 6.20. The Balaban J connectivity index is 1.62. The first-order chi connectivity index (χ1) is 12.1. The molecule has 6 nitrogen and oxygen atoms in total. The molecule has 146 valence electrons. The molecule has 6 heteroatoms. The zero-order chi connectivity index (χ0) is 18.9. The van der Waals surface area contributed by atoms with E-state index in [1.165, 1.54) is 6.08 Å². The number of rotatable bonds is 3. The highest BCUT2D eigenvalue weighted by molar-refractivity contribution is 5.85. The molecular formula is C20H30O6. The van der Waals surface area contributed by atoms with E-state index in [9.17, 15) is 20.1 Å². The van der Waals surface area contributed by atoms with E-state index in [-0.39, 0.29) is 16.7 Å². The van der Waals surface area contributed by atoms with Crippen molar-refractivity contribution in [2.75, 3.05) is 6.61 Å². The summed E-state index contributed by atoms with van der Waals surface area (Å²) in [5, 5.41) is 31.0. The molecule has 0 aromatic heterocycles. The van der Waals surface area contributed by atoms with Crippen LogP contribution in [0.2, 0.25) is 0 Å². The smallest absolute Gasteiger partial charge is 0.333 e. The van der Waals surface area contributed by atoms with Crippen molar-refractivity contribution in [1.82, 2.24) is 0 Å². The molecule has 4 rings (SSSR count). The van der Waals surface area contributed by atoms with Gasteiger partial charge in [0, 0.05) is 17.1 Å². The lowest BCUT2D eigenvalue weighted by Gasteiger charge is -2.61. The standard InChI is InChI=1S/C20H30O6/c1-11-4-7-19(3)14(9-13(21)16(23)20(19)10-25-20)18(11,2)6-5-12-8-15(22)26-17(12)24/h8,11,13-14,16-17,21,23-24H,4-7,9-10H2,1-3H3/t11-,13+,14-,16+,17-,18-,19-,20-/m1/s1. The number of carbonyl (C=O) groups is 1. The minimum Gasteiger partial charge on any atom is -0.429 e. The molecule has 0 bridgehead atoms. The van der Waals surface area contributed by atoms with Gasteiger partial charge in [0.15, 0.2) is 0 Å². The van der Waals surface area contributed by atoms with Gasteiger partial charge in [-0.2, -0.15) is 0 Å². The van der Waals surface area contributed by atoms with E-state index in [0.717, 1.165) is 19.3 Å². The van der Waals surface area contributed by atoms with Gasteiger partial charge >= 0.3 is 5.97 Å². The highest BCUT2D eigenvalue weighted by atomic mass is 16.6. The normalized spacial score (nSPS) is 53.2. The average Bonchev–Trinajstić information content (AvgIpc) is 3.33. The predicted octanol–water partition coefficient (Wildman–Crippen LogP) is 1.52. The van der Waals surface area contributed by atoms with Crippen molar-refractivity contribution in [2.45, 2.75) is 77.0 Å². The Morgan fingerprint density at radius 1 is 1.27 bits per heavy atom. The molecule has 0 unspecified atom stereocenters. The second-order valence-corrected chi connectivity index (χ2v) is 9.35. The fraction of sp³-hybridized carbons (Fsp3) is 0.850. The molecule has 0 amide bonds. The van der Waals surface area contributed by atoms with E-state index < -0.39 is 30.1 Å². The minimum atomic E-state index is -1.13. The molecule has 26 heavy (non-hydrogen) atoms. The van der Waals surface area contributed by atoms with Crippen LogP contribution in [0.15, 0.2) is 11.6 Å². The second-order valence-electron chi connectivity index (χ2n) is 9.35. The molecule has 2 aliphatic heterocycles. The van der Waals surface area contributed by atoms with Gasteiger partial charge in [0.2, 0.25) is 6.29 Å². The molecule has 8 atom stereocenters. The number of carbonyl (C=O) groups excluding carboxylic acids is 1. The number of fused-ring (bicyclic) bond motifs is 2. The van der Waals surface area contributed by atoms with Gasteiger partial charge in [0.05, 0.1) is 12.7 Å². The van der Waals surface area contributed by atoms with Gasteiger partial charge < -0.3 is 24.8 Å². The lowest BCUT2D eigenvalue weighted by atomic mass is 9.43. The Morgan fingerprint density at radius 3 is 2.54 bits per heavy atom. The molecule has 0 aromatic carbocycles. The SMILES string of the molecule is C[C@@H]1CC[C@]2(C)[C@H](C[C@H](O)[C@H](O)[C@]23CO3)[C@]1(C)CCC1=CC(=O)O[C@H]1O. The highest BCUT2D eigenvalue weighted by Crippen LogP contribution is 2.68. The molecule has 2 saturated carbocycles. The summed E-state index contributed by atoms with van der Waals surface area (Å²) < 4.78 is 10.6. The van der Waals surface area contributed by atoms with Crippen molar-refractivity contribution in [2.24, 2.45) is 22.7 Å². The summed E-state index contributed by atoms with van der Waals surface area (Å²) in [6.07, 6.45) is 2.62. The first kappa shape index (κ1) is 18.4. The van der Waals surface area contributed by atoms with E-state index >= 15 is 0 Å². The van der Waals surface area contributed by atoms with Gasteiger partial charge in [-0.3, -0.25) is 0 Å². The summed E-state index contributed by atoms with van der Waals surface area (Å²) in [6, 6.07) is 0. The van der Waals surface area contributed by atoms with Crippen molar-refractivity contribution in [3.05, 3.63) is 11.6 Å². The quantitative estimate of drug-likeness (QED) is 0.517. The third kappa shape index (κ3) is 2.35. The van der Waals surface area contributed by atoms with Crippen LogP contribution in [0.4, 0.5) is 0 Å². The number of aliphatic hydroxyl groups is 3. The first-order valence-corrected chi connectivity index (χ1v) is 9.73. The summed E-state index contributed by atoms with van der Waals surface area (Å²) >= 11 is 0. The number of hydrogen-bond donors (Lipinski definition) is 3. The van der Waals surface area contributed by atoms with Crippen LogP contribution >= 0.6 is 0 Å². The van der Waals surface area contributed by atoms with Crippen LogP contribution in [0.3, 0.4) is 0 Å². The number of epoxide rings is 1. The van der Waals surface area contributed by atoms with Crippen LogP contribution in [-0.4, -0.2) is 52.0 Å². The van der Waals surface area contributed by atoms with Crippen molar-refractivity contribution in [1.29, 1.82) is 0 Å². The number of cyclic esters (lactones) is 1. The maximum Gasteiger partial charge on any atom is 0.333 e. The van der Waals surface area contributed by atoms with Crippen LogP contribution in [0.25, 0.3) is 0 Å². The maximum absolute atomic E-state index is 11.4. The number of esters is 1. The largest absolute Gasteiger partial charge is 0.429 e. The predicted molar refractivity (Wildman–Crippen MR) is 92.8 cm³/mol. The van der Waals surface area contributed by atoms with E-state index in [2.05, 4.69) is 20.8 Å². The topological polar surface area (TPSA) is 99.5 Å². The molecular weight excluding hydrogens is 336 g/mol. The molecule has 1 spiro atoms. The summed E-state index contributed by atoms with van der Waals surface area (Å²) in [5.41, 5.74) is -0.257. The Morgan fingerprint density at radius 2 is 1.96 bits per heavy atom. The second kappa shape index (κ2) is 5.77. The molecule has 0 radical (unpaired) electrons. The van der Waals surface area contributed by atoms with Crippen LogP contribution in [0.5, 0.6) is 0 Å². The van der Waals surface area contributed by atoms with Gasteiger partial charge in [0.25, 0.3) is 0 Å². The lowest BCUT2D eigenvalue weighted by Crippen LogP contribution is -2.65.